The van der Waals surface area contributed by atoms with Crippen LogP contribution in [0, 0.1) is 0 Å². The number of carbonyl (C=O) groups is 3. The van der Waals surface area contributed by atoms with E-state index in [1.54, 1.807) is 24.3 Å². The summed E-state index contributed by atoms with van der Waals surface area (Å²) >= 11 is 0. The quantitative estimate of drug-likeness (QED) is 0.644. The number of carboxylic acid groups (broad SMARTS) is 1. The number of amides is 2. The number of benzene rings is 1. The summed E-state index contributed by atoms with van der Waals surface area (Å²) in [7, 11) is 1.20. The average molecular weight is 280 g/mol. The van der Waals surface area contributed by atoms with E-state index in [-0.39, 0.29) is 13.0 Å². The number of hydrogen-bond donors (Lipinski definition) is 3. The Kier molecular flexibility index (Phi) is 6.02. The normalized spacial score (nSPS) is 11.2. The van der Waals surface area contributed by atoms with Gasteiger partial charge in [0.15, 0.2) is 0 Å². The molecule has 0 spiro atoms. The van der Waals surface area contributed by atoms with Crippen LogP contribution >= 0.6 is 0 Å². The summed E-state index contributed by atoms with van der Waals surface area (Å²) in [6, 6.07) is 7.99. The predicted molar refractivity (Wildman–Crippen MR) is 70.1 cm³/mol. The van der Waals surface area contributed by atoms with Gasteiger partial charge in [0.05, 0.1) is 7.11 Å². The molecule has 3 N–H and O–H groups in total. The van der Waals surface area contributed by atoms with Crippen molar-refractivity contribution in [1.29, 1.82) is 0 Å². The number of ether oxygens (including phenoxy) is 1. The van der Waals surface area contributed by atoms with Crippen LogP contribution in [0.25, 0.3) is 0 Å². The highest BCUT2D eigenvalue weighted by molar-refractivity contribution is 5.88. The van der Waals surface area contributed by atoms with Gasteiger partial charge in [0, 0.05) is 6.42 Å². The van der Waals surface area contributed by atoms with Crippen molar-refractivity contribution in [3.05, 3.63) is 35.9 Å². The lowest BCUT2D eigenvalue weighted by molar-refractivity contribution is -0.141. The molecule has 0 aliphatic carbocycles. The standard InChI is InChI=1S/C13H16N2O5/c1-20-11(16)8-14-12(17)10(15-13(18)19)7-9-5-3-2-4-6-9/h2-6,10,15H,7-8H2,1H3,(H,14,17)(H,18,19). The van der Waals surface area contributed by atoms with Gasteiger partial charge in [-0.1, -0.05) is 30.3 Å². The second kappa shape index (κ2) is 7.78. The number of carbonyl (C=O) groups excluding carboxylic acids is 2. The average Bonchev–Trinajstić information content (AvgIpc) is 2.44. The maximum absolute atomic E-state index is 11.9. The minimum Gasteiger partial charge on any atom is -0.468 e. The molecule has 0 saturated carbocycles. The number of rotatable bonds is 6. The van der Waals surface area contributed by atoms with Crippen LogP contribution in [-0.2, 0) is 20.7 Å². The van der Waals surface area contributed by atoms with Crippen LogP contribution in [0.3, 0.4) is 0 Å². The monoisotopic (exact) mass is 280 g/mol. The lowest BCUT2D eigenvalue weighted by Gasteiger charge is -2.16. The van der Waals surface area contributed by atoms with E-state index in [2.05, 4.69) is 15.4 Å². The zero-order valence-electron chi connectivity index (χ0n) is 11.0. The van der Waals surface area contributed by atoms with Crippen LogP contribution in [0.5, 0.6) is 0 Å². The first-order chi connectivity index (χ1) is 9.52. The highest BCUT2D eigenvalue weighted by Gasteiger charge is 2.21. The van der Waals surface area contributed by atoms with Crippen LogP contribution < -0.4 is 10.6 Å². The van der Waals surface area contributed by atoms with Crippen LogP contribution in [0.15, 0.2) is 30.3 Å². The zero-order valence-corrected chi connectivity index (χ0v) is 11.0. The molecule has 1 unspecified atom stereocenters. The fourth-order valence-electron chi connectivity index (χ4n) is 1.56. The first kappa shape index (κ1) is 15.5. The van der Waals surface area contributed by atoms with Gasteiger partial charge in [0.25, 0.3) is 0 Å². The van der Waals surface area contributed by atoms with Gasteiger partial charge in [-0.2, -0.15) is 0 Å². The summed E-state index contributed by atoms with van der Waals surface area (Å²) in [5.74, 6) is -1.19. The van der Waals surface area contributed by atoms with Crippen LogP contribution in [0.4, 0.5) is 4.79 Å². The smallest absolute Gasteiger partial charge is 0.405 e. The van der Waals surface area contributed by atoms with Crippen molar-refractivity contribution in [2.24, 2.45) is 0 Å². The van der Waals surface area contributed by atoms with E-state index < -0.39 is 24.0 Å². The number of methoxy groups -OCH3 is 1. The Balaban J connectivity index is 2.66. The molecule has 0 aliphatic heterocycles. The van der Waals surface area contributed by atoms with Gasteiger partial charge in [-0.15, -0.1) is 0 Å². The minimum absolute atomic E-state index is 0.195. The largest absolute Gasteiger partial charge is 0.468 e. The number of hydrogen-bond acceptors (Lipinski definition) is 4. The van der Waals surface area contributed by atoms with E-state index in [9.17, 15) is 14.4 Å². The molecule has 0 bridgehead atoms. The maximum Gasteiger partial charge on any atom is 0.405 e. The van der Waals surface area contributed by atoms with Crippen molar-refractivity contribution < 1.29 is 24.2 Å². The topological polar surface area (TPSA) is 105 Å². The third-order valence-corrected chi connectivity index (χ3v) is 2.53. The SMILES string of the molecule is COC(=O)CNC(=O)C(Cc1ccccc1)NC(=O)O. The summed E-state index contributed by atoms with van der Waals surface area (Å²) < 4.78 is 4.39. The van der Waals surface area contributed by atoms with Crippen LogP contribution in [0.1, 0.15) is 5.56 Å². The van der Waals surface area contributed by atoms with Crippen LogP contribution in [0.2, 0.25) is 0 Å². The molecular weight excluding hydrogens is 264 g/mol. The Morgan fingerprint density at radius 2 is 1.90 bits per heavy atom. The molecule has 1 rings (SSSR count). The van der Waals surface area contributed by atoms with Crippen LogP contribution in [-0.4, -0.2) is 42.8 Å². The van der Waals surface area contributed by atoms with E-state index in [1.807, 2.05) is 6.07 Å². The summed E-state index contributed by atoms with van der Waals surface area (Å²) in [5.41, 5.74) is 0.805. The highest BCUT2D eigenvalue weighted by Crippen LogP contribution is 2.03. The molecule has 1 aromatic carbocycles. The van der Waals surface area contributed by atoms with Crippen molar-refractivity contribution in [2.45, 2.75) is 12.5 Å². The molecule has 7 heteroatoms. The minimum atomic E-state index is -1.31. The molecule has 1 atom stereocenters. The fourth-order valence-corrected chi connectivity index (χ4v) is 1.56. The van der Waals surface area contributed by atoms with Gasteiger partial charge in [-0.3, -0.25) is 9.59 Å². The molecular formula is C13H16N2O5. The predicted octanol–water partition coefficient (Wildman–Crippen LogP) is 0.154. The Hall–Kier alpha value is -2.57. The molecule has 0 aliphatic rings. The van der Waals surface area contributed by atoms with Crippen molar-refractivity contribution in [3.8, 4) is 0 Å². The first-order valence-corrected chi connectivity index (χ1v) is 5.91. The Morgan fingerprint density at radius 1 is 1.25 bits per heavy atom. The van der Waals surface area contributed by atoms with E-state index >= 15 is 0 Å². The Labute approximate surface area is 115 Å². The molecule has 0 radical (unpaired) electrons. The van der Waals surface area contributed by atoms with E-state index in [1.165, 1.54) is 7.11 Å². The molecule has 0 heterocycles. The third-order valence-electron chi connectivity index (χ3n) is 2.53. The molecule has 0 fully saturated rings. The maximum atomic E-state index is 11.9. The second-order valence-corrected chi connectivity index (χ2v) is 3.99. The lowest BCUT2D eigenvalue weighted by Crippen LogP contribution is -2.48. The molecule has 1 aromatic rings. The van der Waals surface area contributed by atoms with E-state index in [0.29, 0.717) is 0 Å². The molecule has 0 saturated heterocycles. The van der Waals surface area contributed by atoms with Gasteiger partial charge in [0.2, 0.25) is 5.91 Å². The van der Waals surface area contributed by atoms with Gasteiger partial charge in [-0.05, 0) is 5.56 Å². The van der Waals surface area contributed by atoms with Crippen molar-refractivity contribution in [1.82, 2.24) is 10.6 Å². The molecule has 0 aromatic heterocycles. The molecule has 20 heavy (non-hydrogen) atoms. The fraction of sp³-hybridized carbons (Fsp3) is 0.308. The van der Waals surface area contributed by atoms with E-state index in [4.69, 9.17) is 5.11 Å². The third kappa shape index (κ3) is 5.38. The van der Waals surface area contributed by atoms with Gasteiger partial charge < -0.3 is 20.5 Å². The molecule has 2 amide bonds. The second-order valence-electron chi connectivity index (χ2n) is 3.99. The summed E-state index contributed by atoms with van der Waals surface area (Å²) in [6.45, 7) is -0.304. The lowest BCUT2D eigenvalue weighted by atomic mass is 10.1. The van der Waals surface area contributed by atoms with Gasteiger partial charge in [-0.25, -0.2) is 4.79 Å². The van der Waals surface area contributed by atoms with Gasteiger partial charge >= 0.3 is 12.1 Å². The van der Waals surface area contributed by atoms with Crippen molar-refractivity contribution in [3.63, 3.8) is 0 Å². The summed E-state index contributed by atoms with van der Waals surface area (Å²) in [4.78, 5) is 33.5. The number of nitrogens with one attached hydrogen (secondary N) is 2. The van der Waals surface area contributed by atoms with Crippen molar-refractivity contribution in [2.75, 3.05) is 13.7 Å². The summed E-state index contributed by atoms with van der Waals surface area (Å²) in [6.07, 6.45) is -1.11. The van der Waals surface area contributed by atoms with E-state index in [0.717, 1.165) is 5.56 Å². The zero-order chi connectivity index (χ0) is 15.0. The number of esters is 1. The Morgan fingerprint density at radius 3 is 2.45 bits per heavy atom. The summed E-state index contributed by atoms with van der Waals surface area (Å²) in [5, 5.41) is 13.2. The van der Waals surface area contributed by atoms with Crippen molar-refractivity contribution >= 4 is 18.0 Å². The molecule has 7 nitrogen and oxygen atoms in total. The van der Waals surface area contributed by atoms with Gasteiger partial charge in [0.1, 0.15) is 12.6 Å². The first-order valence-electron chi connectivity index (χ1n) is 5.91. The molecule has 108 valence electrons. The Bertz CT molecular complexity index is 475. The highest BCUT2D eigenvalue weighted by atomic mass is 16.5.